The van der Waals surface area contributed by atoms with Crippen LogP contribution in [0, 0.1) is 0 Å². The normalized spacial score (nSPS) is 21.9. The highest BCUT2D eigenvalue weighted by atomic mass is 16.4. The first kappa shape index (κ1) is 10.4. The van der Waals surface area contributed by atoms with E-state index in [2.05, 4.69) is 0 Å². The fourth-order valence-electron chi connectivity index (χ4n) is 1.94. The van der Waals surface area contributed by atoms with Crippen LogP contribution < -0.4 is 0 Å². The molecule has 1 radical (unpaired) electrons. The Morgan fingerprint density at radius 1 is 1.40 bits per heavy atom. The molecular weight excluding hydrogens is 189 g/mol. The maximum Gasteiger partial charge on any atom is 0.399 e. The molecule has 0 saturated carbocycles. The van der Waals surface area contributed by atoms with E-state index >= 15 is 0 Å². The Bertz CT molecular complexity index is 342. The van der Waals surface area contributed by atoms with Crippen molar-refractivity contribution in [1.82, 2.24) is 4.81 Å². The highest BCUT2D eigenvalue weighted by molar-refractivity contribution is 6.24. The molecule has 1 aliphatic heterocycles. The van der Waals surface area contributed by atoms with Crippen LogP contribution in [-0.4, -0.2) is 31.9 Å². The number of rotatable bonds is 3. The Morgan fingerprint density at radius 2 is 2.13 bits per heavy atom. The third kappa shape index (κ3) is 2.27. The largest absolute Gasteiger partial charge is 0.427 e. The Morgan fingerprint density at radius 3 is 2.80 bits per heavy atom. The molecule has 4 heteroatoms. The van der Waals surface area contributed by atoms with Gasteiger partial charge in [0, 0.05) is 26.1 Å². The number of hydrogen-bond acceptors (Lipinski definition) is 3. The Kier molecular flexibility index (Phi) is 3.19. The summed E-state index contributed by atoms with van der Waals surface area (Å²) in [6.07, 6.45) is 0.573. The topological polar surface area (TPSA) is 29.5 Å². The smallest absolute Gasteiger partial charge is 0.399 e. The zero-order valence-electron chi connectivity index (χ0n) is 8.72. The average Bonchev–Trinajstić information content (AvgIpc) is 2.62. The molecule has 1 aliphatic rings. The van der Waals surface area contributed by atoms with Crippen LogP contribution in [0.15, 0.2) is 30.3 Å². The van der Waals surface area contributed by atoms with Gasteiger partial charge in [0.05, 0.1) is 0 Å². The number of ketones is 1. The van der Waals surface area contributed by atoms with Crippen molar-refractivity contribution in [3.05, 3.63) is 35.9 Å². The summed E-state index contributed by atoms with van der Waals surface area (Å²) in [6, 6.07) is 10.2. The third-order valence-electron chi connectivity index (χ3n) is 2.61. The zero-order valence-corrected chi connectivity index (χ0v) is 8.72. The molecule has 1 aromatic rings. The van der Waals surface area contributed by atoms with Crippen LogP contribution in [0.5, 0.6) is 0 Å². The summed E-state index contributed by atoms with van der Waals surface area (Å²) < 4.78 is 4.97. The number of nitrogens with zero attached hydrogens (tertiary/aromatic N) is 1. The highest BCUT2D eigenvalue weighted by Gasteiger charge is 2.31. The van der Waals surface area contributed by atoms with Crippen molar-refractivity contribution in [3.63, 3.8) is 0 Å². The van der Waals surface area contributed by atoms with E-state index in [4.69, 9.17) is 4.65 Å². The van der Waals surface area contributed by atoms with Gasteiger partial charge in [-0.1, -0.05) is 30.3 Å². The second kappa shape index (κ2) is 4.60. The van der Waals surface area contributed by atoms with Crippen molar-refractivity contribution in [2.75, 3.05) is 13.7 Å². The van der Waals surface area contributed by atoms with Gasteiger partial charge in [0.2, 0.25) is 0 Å². The fraction of sp³-hybridized carbons (Fsp3) is 0.364. The number of Topliss-reactive ketones (excluding diaryl/α,β-unsaturated/α-hetero) is 1. The predicted octanol–water partition coefficient (Wildman–Crippen LogP) is 1.18. The highest BCUT2D eigenvalue weighted by Crippen LogP contribution is 2.28. The quantitative estimate of drug-likeness (QED) is 0.689. The minimum absolute atomic E-state index is 0.138. The lowest BCUT2D eigenvalue weighted by molar-refractivity contribution is -0.116. The Hall–Kier alpha value is -1.13. The number of hydrogen-bond donors (Lipinski definition) is 0. The summed E-state index contributed by atoms with van der Waals surface area (Å²) in [5.41, 5.74) is 1.16. The van der Waals surface area contributed by atoms with Gasteiger partial charge in [-0.15, -0.1) is 0 Å². The van der Waals surface area contributed by atoms with Crippen LogP contribution >= 0.6 is 0 Å². The van der Waals surface area contributed by atoms with E-state index in [-0.39, 0.29) is 11.8 Å². The van der Waals surface area contributed by atoms with E-state index < -0.39 is 0 Å². The molecule has 0 aromatic heterocycles. The van der Waals surface area contributed by atoms with Gasteiger partial charge in [-0.25, -0.2) is 0 Å². The Labute approximate surface area is 90.3 Å². The molecule has 1 heterocycles. The molecule has 1 saturated heterocycles. The molecule has 0 spiro atoms. The van der Waals surface area contributed by atoms with Crippen LogP contribution in [-0.2, 0) is 9.45 Å². The van der Waals surface area contributed by atoms with E-state index in [1.807, 2.05) is 35.1 Å². The van der Waals surface area contributed by atoms with Gasteiger partial charge in [-0.05, 0) is 5.56 Å². The van der Waals surface area contributed by atoms with Crippen LogP contribution in [0.2, 0.25) is 0 Å². The van der Waals surface area contributed by atoms with Gasteiger partial charge in [0.25, 0.3) is 0 Å². The molecule has 0 bridgehead atoms. The molecule has 0 N–H and O–H groups in total. The van der Waals surface area contributed by atoms with Gasteiger partial charge in [-0.3, -0.25) is 4.79 Å². The lowest BCUT2D eigenvalue weighted by Gasteiger charge is -2.21. The summed E-state index contributed by atoms with van der Waals surface area (Å²) in [5.74, 6) is 0.261. The Balaban J connectivity index is 2.17. The van der Waals surface area contributed by atoms with Gasteiger partial charge >= 0.3 is 7.62 Å². The number of carbonyl (C=O) groups excluding carboxylic acids is 1. The van der Waals surface area contributed by atoms with Gasteiger partial charge < -0.3 is 9.47 Å². The van der Waals surface area contributed by atoms with E-state index in [1.165, 1.54) is 0 Å². The third-order valence-corrected chi connectivity index (χ3v) is 2.61. The van der Waals surface area contributed by atoms with E-state index in [1.54, 1.807) is 14.7 Å². The van der Waals surface area contributed by atoms with E-state index in [9.17, 15) is 4.79 Å². The van der Waals surface area contributed by atoms with Crippen molar-refractivity contribution in [1.29, 1.82) is 0 Å². The lowest BCUT2D eigenvalue weighted by Crippen LogP contribution is -2.29. The molecule has 0 unspecified atom stereocenters. The van der Waals surface area contributed by atoms with Crippen LogP contribution in [0.25, 0.3) is 0 Å². The van der Waals surface area contributed by atoms with Gasteiger partial charge in [0.1, 0.15) is 5.78 Å². The second-order valence-electron chi connectivity index (χ2n) is 3.68. The summed E-state index contributed by atoms with van der Waals surface area (Å²) in [5, 5.41) is 0. The summed E-state index contributed by atoms with van der Waals surface area (Å²) >= 11 is 0. The number of carbonyl (C=O) groups is 1. The van der Waals surface area contributed by atoms with Crippen LogP contribution in [0.1, 0.15) is 18.0 Å². The molecule has 1 aromatic carbocycles. The van der Waals surface area contributed by atoms with Crippen molar-refractivity contribution >= 4 is 13.4 Å². The molecule has 0 amide bonds. The molecule has 77 valence electrons. The average molecular weight is 202 g/mol. The van der Waals surface area contributed by atoms with Crippen molar-refractivity contribution in [2.24, 2.45) is 0 Å². The maximum atomic E-state index is 11.4. The molecule has 2 rings (SSSR count). The molecule has 1 atom stereocenters. The molecule has 1 fully saturated rings. The van der Waals surface area contributed by atoms with E-state index in [0.717, 1.165) is 5.56 Å². The summed E-state index contributed by atoms with van der Waals surface area (Å²) in [4.78, 5) is 13.3. The van der Waals surface area contributed by atoms with Gasteiger partial charge in [0.15, 0.2) is 0 Å². The standard InChI is InChI=1S/C11H13BNO2/c1-15-12-13-8-10(14)7-11(13)9-5-3-2-4-6-9/h2-6,11H,7-8H2,1H3/t11-/m0/s1. The first-order chi connectivity index (χ1) is 7.31. The zero-order chi connectivity index (χ0) is 10.7. The lowest BCUT2D eigenvalue weighted by atomic mass is 10.0. The molecule has 15 heavy (non-hydrogen) atoms. The second-order valence-corrected chi connectivity index (χ2v) is 3.68. The maximum absolute atomic E-state index is 11.4. The van der Waals surface area contributed by atoms with Crippen molar-refractivity contribution in [3.8, 4) is 0 Å². The van der Waals surface area contributed by atoms with Crippen LogP contribution in [0.4, 0.5) is 0 Å². The SMILES string of the molecule is CO[B]N1CC(=O)C[C@H]1c1ccccc1. The van der Waals surface area contributed by atoms with Crippen LogP contribution in [0.3, 0.4) is 0 Å². The molecule has 0 aliphatic carbocycles. The monoisotopic (exact) mass is 202 g/mol. The first-order valence-corrected chi connectivity index (χ1v) is 5.00. The molecule has 3 nitrogen and oxygen atoms in total. The fourth-order valence-corrected chi connectivity index (χ4v) is 1.94. The van der Waals surface area contributed by atoms with Crippen molar-refractivity contribution < 1.29 is 9.45 Å². The molecular formula is C11H13BNO2. The summed E-state index contributed by atoms with van der Waals surface area (Å²) in [7, 11) is 3.23. The first-order valence-electron chi connectivity index (χ1n) is 5.00. The summed E-state index contributed by atoms with van der Waals surface area (Å²) in [6.45, 7) is 0.452. The van der Waals surface area contributed by atoms with E-state index in [0.29, 0.717) is 13.0 Å². The van der Waals surface area contributed by atoms with Gasteiger partial charge in [-0.2, -0.15) is 0 Å². The number of benzene rings is 1. The predicted molar refractivity (Wildman–Crippen MR) is 58.3 cm³/mol. The minimum atomic E-state index is 0.138. The minimum Gasteiger partial charge on any atom is -0.427 e. The van der Waals surface area contributed by atoms with Crippen molar-refractivity contribution in [2.45, 2.75) is 12.5 Å².